The highest BCUT2D eigenvalue weighted by Gasteiger charge is 2.31. The molecule has 2 aromatic rings. The first-order chi connectivity index (χ1) is 13.7. The summed E-state index contributed by atoms with van der Waals surface area (Å²) in [6.45, 7) is 4.97. The zero-order chi connectivity index (χ0) is 19.3. The molecule has 1 atom stereocenters. The molecule has 7 nitrogen and oxygen atoms in total. The molecule has 0 radical (unpaired) electrons. The zero-order valence-corrected chi connectivity index (χ0v) is 16.3. The lowest BCUT2D eigenvalue weighted by molar-refractivity contribution is -0.139. The van der Waals surface area contributed by atoms with Crippen molar-refractivity contribution in [2.24, 2.45) is 5.92 Å². The summed E-state index contributed by atoms with van der Waals surface area (Å²) in [6, 6.07) is 5.87. The standard InChI is InChI=1S/C21H27N5O2/c1-15-4-2-9-22-19(15)25-21-23-10-6-18(24-21)17-5-3-11-26(14-17)20(27)16-7-12-28-13-8-16/h2,4,6,9-10,16-17H,3,5,7-8,11-14H2,1H3,(H,22,23,24,25)/t17-/m1/s1. The van der Waals surface area contributed by atoms with Crippen molar-refractivity contribution in [3.8, 4) is 0 Å². The van der Waals surface area contributed by atoms with Crippen LogP contribution in [-0.2, 0) is 9.53 Å². The summed E-state index contributed by atoms with van der Waals surface area (Å²) in [5.41, 5.74) is 2.03. The van der Waals surface area contributed by atoms with Crippen molar-refractivity contribution in [1.29, 1.82) is 0 Å². The average molecular weight is 381 g/mol. The summed E-state index contributed by atoms with van der Waals surface area (Å²) in [6.07, 6.45) is 7.25. The molecule has 1 amide bonds. The normalized spacial score (nSPS) is 20.8. The molecule has 2 fully saturated rings. The molecule has 2 aliphatic rings. The van der Waals surface area contributed by atoms with Gasteiger partial charge in [-0.05, 0) is 50.3 Å². The van der Waals surface area contributed by atoms with E-state index in [1.165, 1.54) is 0 Å². The monoisotopic (exact) mass is 381 g/mol. The van der Waals surface area contributed by atoms with Crippen LogP contribution in [0, 0.1) is 12.8 Å². The molecule has 7 heteroatoms. The summed E-state index contributed by atoms with van der Waals surface area (Å²) in [5.74, 6) is 1.95. The van der Waals surface area contributed by atoms with Crippen LogP contribution in [0.3, 0.4) is 0 Å². The summed E-state index contributed by atoms with van der Waals surface area (Å²) in [4.78, 5) is 28.3. The highest BCUT2D eigenvalue weighted by Crippen LogP contribution is 2.28. The molecule has 0 saturated carbocycles. The second-order valence-corrected chi connectivity index (χ2v) is 7.61. The van der Waals surface area contributed by atoms with Gasteiger partial charge in [-0.15, -0.1) is 0 Å². The number of nitrogens with zero attached hydrogens (tertiary/aromatic N) is 4. The van der Waals surface area contributed by atoms with Gasteiger partial charge in [0.25, 0.3) is 0 Å². The Morgan fingerprint density at radius 3 is 2.86 bits per heavy atom. The maximum atomic E-state index is 12.9. The molecule has 0 unspecified atom stereocenters. The van der Waals surface area contributed by atoms with Crippen LogP contribution >= 0.6 is 0 Å². The highest BCUT2D eigenvalue weighted by atomic mass is 16.5. The van der Waals surface area contributed by atoms with E-state index in [0.717, 1.165) is 55.8 Å². The van der Waals surface area contributed by atoms with Crippen LogP contribution in [0.25, 0.3) is 0 Å². The van der Waals surface area contributed by atoms with Gasteiger partial charge in [-0.1, -0.05) is 6.07 Å². The van der Waals surface area contributed by atoms with Gasteiger partial charge in [0, 0.05) is 50.5 Å². The Bertz CT molecular complexity index is 822. The maximum absolute atomic E-state index is 12.9. The number of carbonyl (C=O) groups excluding carboxylic acids is 1. The predicted molar refractivity (Wildman–Crippen MR) is 106 cm³/mol. The first-order valence-corrected chi connectivity index (χ1v) is 10.1. The number of ether oxygens (including phenoxy) is 1. The number of piperidine rings is 1. The Morgan fingerprint density at radius 2 is 2.04 bits per heavy atom. The van der Waals surface area contributed by atoms with Crippen LogP contribution in [-0.4, -0.2) is 52.1 Å². The lowest BCUT2D eigenvalue weighted by Crippen LogP contribution is -2.43. The van der Waals surface area contributed by atoms with Crippen LogP contribution in [0.2, 0.25) is 0 Å². The largest absolute Gasteiger partial charge is 0.381 e. The first-order valence-electron chi connectivity index (χ1n) is 10.1. The summed E-state index contributed by atoms with van der Waals surface area (Å²) < 4.78 is 5.40. The van der Waals surface area contributed by atoms with Crippen molar-refractivity contribution in [2.45, 2.75) is 38.5 Å². The molecule has 148 valence electrons. The number of nitrogens with one attached hydrogen (secondary N) is 1. The van der Waals surface area contributed by atoms with Gasteiger partial charge in [0.2, 0.25) is 11.9 Å². The third-order valence-corrected chi connectivity index (χ3v) is 5.64. The minimum absolute atomic E-state index is 0.113. The number of rotatable bonds is 4. The van der Waals surface area contributed by atoms with Gasteiger partial charge < -0.3 is 15.0 Å². The van der Waals surface area contributed by atoms with E-state index in [9.17, 15) is 4.79 Å². The van der Waals surface area contributed by atoms with E-state index in [1.54, 1.807) is 12.4 Å². The number of pyridine rings is 1. The van der Waals surface area contributed by atoms with Gasteiger partial charge in [-0.2, -0.15) is 0 Å². The highest BCUT2D eigenvalue weighted by molar-refractivity contribution is 5.79. The van der Waals surface area contributed by atoms with E-state index >= 15 is 0 Å². The molecule has 0 aliphatic carbocycles. The number of aromatic nitrogens is 3. The molecular formula is C21H27N5O2. The second kappa shape index (κ2) is 8.65. The third-order valence-electron chi connectivity index (χ3n) is 5.64. The number of aryl methyl sites for hydroxylation is 1. The van der Waals surface area contributed by atoms with Crippen molar-refractivity contribution < 1.29 is 9.53 Å². The fourth-order valence-corrected chi connectivity index (χ4v) is 4.00. The molecule has 4 rings (SSSR count). The number of likely N-dealkylation sites (tertiary alicyclic amines) is 1. The SMILES string of the molecule is Cc1cccnc1Nc1nccc([C@@H]2CCCN(C(=O)C3CCOCC3)C2)n1. The molecular weight excluding hydrogens is 354 g/mol. The van der Waals surface area contributed by atoms with Crippen molar-refractivity contribution in [3.63, 3.8) is 0 Å². The van der Waals surface area contributed by atoms with Crippen LogP contribution in [0.1, 0.15) is 42.9 Å². The minimum atomic E-state index is 0.113. The van der Waals surface area contributed by atoms with Crippen LogP contribution in [0.5, 0.6) is 0 Å². The van der Waals surface area contributed by atoms with Gasteiger partial charge in [-0.3, -0.25) is 4.79 Å². The van der Waals surface area contributed by atoms with Crippen LogP contribution in [0.15, 0.2) is 30.6 Å². The van der Waals surface area contributed by atoms with E-state index in [-0.39, 0.29) is 17.7 Å². The topological polar surface area (TPSA) is 80.2 Å². The molecule has 1 N–H and O–H groups in total. The molecule has 2 saturated heterocycles. The van der Waals surface area contributed by atoms with E-state index in [0.29, 0.717) is 19.2 Å². The lowest BCUT2D eigenvalue weighted by Gasteiger charge is -2.35. The molecule has 2 aliphatic heterocycles. The van der Waals surface area contributed by atoms with Gasteiger partial charge in [0.15, 0.2) is 0 Å². The third kappa shape index (κ3) is 4.30. The number of hydrogen-bond donors (Lipinski definition) is 1. The molecule has 0 bridgehead atoms. The smallest absolute Gasteiger partial charge is 0.228 e. The Morgan fingerprint density at radius 1 is 1.18 bits per heavy atom. The summed E-state index contributed by atoms with van der Waals surface area (Å²) in [7, 11) is 0. The summed E-state index contributed by atoms with van der Waals surface area (Å²) in [5, 5.41) is 3.21. The lowest BCUT2D eigenvalue weighted by atomic mass is 9.92. The fraction of sp³-hybridized carbons (Fsp3) is 0.524. The molecule has 4 heterocycles. The van der Waals surface area contributed by atoms with E-state index in [2.05, 4.69) is 15.3 Å². The van der Waals surface area contributed by atoms with E-state index in [1.807, 2.05) is 30.0 Å². The van der Waals surface area contributed by atoms with Gasteiger partial charge in [0.1, 0.15) is 5.82 Å². The van der Waals surface area contributed by atoms with Gasteiger partial charge in [-0.25, -0.2) is 15.0 Å². The molecule has 2 aromatic heterocycles. The number of amides is 1. The second-order valence-electron chi connectivity index (χ2n) is 7.61. The number of hydrogen-bond acceptors (Lipinski definition) is 6. The van der Waals surface area contributed by atoms with Crippen LogP contribution < -0.4 is 5.32 Å². The number of anilines is 2. The van der Waals surface area contributed by atoms with Crippen molar-refractivity contribution >= 4 is 17.7 Å². The van der Waals surface area contributed by atoms with Crippen LogP contribution in [0.4, 0.5) is 11.8 Å². The summed E-state index contributed by atoms with van der Waals surface area (Å²) >= 11 is 0. The molecule has 28 heavy (non-hydrogen) atoms. The van der Waals surface area contributed by atoms with Crippen molar-refractivity contribution in [1.82, 2.24) is 19.9 Å². The molecule has 0 spiro atoms. The fourth-order valence-electron chi connectivity index (χ4n) is 4.00. The maximum Gasteiger partial charge on any atom is 0.228 e. The van der Waals surface area contributed by atoms with E-state index < -0.39 is 0 Å². The Kier molecular flexibility index (Phi) is 5.81. The Labute approximate surface area is 165 Å². The van der Waals surface area contributed by atoms with Crippen molar-refractivity contribution in [2.75, 3.05) is 31.6 Å². The minimum Gasteiger partial charge on any atom is -0.381 e. The quantitative estimate of drug-likeness (QED) is 0.877. The first kappa shape index (κ1) is 18.8. The van der Waals surface area contributed by atoms with Crippen molar-refractivity contribution in [3.05, 3.63) is 41.9 Å². The molecule has 0 aromatic carbocycles. The zero-order valence-electron chi connectivity index (χ0n) is 16.3. The van der Waals surface area contributed by atoms with Gasteiger partial charge >= 0.3 is 0 Å². The average Bonchev–Trinajstić information content (AvgIpc) is 2.76. The number of carbonyl (C=O) groups is 1. The predicted octanol–water partition coefficient (Wildman–Crippen LogP) is 3.06. The van der Waals surface area contributed by atoms with Gasteiger partial charge in [0.05, 0.1) is 5.69 Å². The Hall–Kier alpha value is -2.54. The van der Waals surface area contributed by atoms with E-state index in [4.69, 9.17) is 9.72 Å². The Balaban J connectivity index is 1.45.